The molecule has 0 saturated carbocycles. The Morgan fingerprint density at radius 3 is 2.58 bits per heavy atom. The molecule has 2 rings (SSSR count). The van der Waals surface area contributed by atoms with Gasteiger partial charge in [0.1, 0.15) is 16.0 Å². The fourth-order valence-corrected chi connectivity index (χ4v) is 4.04. The second-order valence-corrected chi connectivity index (χ2v) is 7.38. The van der Waals surface area contributed by atoms with Crippen LogP contribution in [0.1, 0.15) is 24.7 Å². The van der Waals surface area contributed by atoms with Crippen molar-refractivity contribution in [1.82, 2.24) is 20.2 Å². The van der Waals surface area contributed by atoms with Gasteiger partial charge in [-0.05, 0) is 31.4 Å². The van der Waals surface area contributed by atoms with Gasteiger partial charge >= 0.3 is 0 Å². The van der Waals surface area contributed by atoms with Crippen LogP contribution in [0.2, 0.25) is 5.15 Å². The van der Waals surface area contributed by atoms with Crippen molar-refractivity contribution in [2.75, 3.05) is 6.26 Å². The predicted octanol–water partition coefficient (Wildman–Crippen LogP) is 4.12. The highest BCUT2D eigenvalue weighted by atomic mass is 35.5. The van der Waals surface area contributed by atoms with Crippen LogP contribution in [0, 0.1) is 6.92 Å². The van der Waals surface area contributed by atoms with E-state index in [-0.39, 0.29) is 0 Å². The highest BCUT2D eigenvalue weighted by Gasteiger charge is 2.13. The van der Waals surface area contributed by atoms with Crippen LogP contribution in [0.4, 0.5) is 0 Å². The number of thioether (sulfide) groups is 1. The maximum absolute atomic E-state index is 6.15. The normalized spacial score (nSPS) is 10.9. The van der Waals surface area contributed by atoms with E-state index in [0.29, 0.717) is 5.15 Å². The van der Waals surface area contributed by atoms with Crippen LogP contribution in [-0.2, 0) is 6.42 Å². The first-order chi connectivity index (χ1) is 9.13. The van der Waals surface area contributed by atoms with Gasteiger partial charge < -0.3 is 0 Å². The third-order valence-electron chi connectivity index (χ3n) is 2.31. The van der Waals surface area contributed by atoms with E-state index in [0.717, 1.165) is 37.9 Å². The summed E-state index contributed by atoms with van der Waals surface area (Å²) in [7, 11) is 0. The van der Waals surface area contributed by atoms with Crippen molar-refractivity contribution in [3.8, 4) is 0 Å². The largest absolute Gasteiger partial charge is 0.226 e. The molecule has 0 aliphatic carbocycles. The minimum absolute atomic E-state index is 0.524. The van der Waals surface area contributed by atoms with Crippen LogP contribution in [-0.4, -0.2) is 26.4 Å². The Kier molecular flexibility index (Phi) is 5.44. The molecule has 0 spiro atoms. The Labute approximate surface area is 129 Å². The predicted molar refractivity (Wildman–Crippen MR) is 81.6 cm³/mol. The number of nitrogens with zero attached hydrogens (tertiary/aromatic N) is 4. The van der Waals surface area contributed by atoms with Crippen LogP contribution in [0.3, 0.4) is 0 Å². The number of aryl methyl sites for hydroxylation is 1. The molecule has 0 atom stereocenters. The smallest absolute Gasteiger partial charge is 0.181 e. The van der Waals surface area contributed by atoms with Crippen molar-refractivity contribution in [3.63, 3.8) is 0 Å². The summed E-state index contributed by atoms with van der Waals surface area (Å²) >= 11 is 10.8. The zero-order valence-corrected chi connectivity index (χ0v) is 14.0. The maximum Gasteiger partial charge on any atom is 0.181 e. The summed E-state index contributed by atoms with van der Waals surface area (Å²) in [5.41, 5.74) is 0.896. The van der Waals surface area contributed by atoms with Crippen molar-refractivity contribution in [2.24, 2.45) is 0 Å². The van der Waals surface area contributed by atoms with Crippen molar-refractivity contribution >= 4 is 46.5 Å². The Morgan fingerprint density at radius 1 is 1.21 bits per heavy atom. The van der Waals surface area contributed by atoms with E-state index in [1.165, 1.54) is 11.8 Å². The minimum atomic E-state index is 0.524. The number of hydrogen-bond acceptors (Lipinski definition) is 7. The van der Waals surface area contributed by atoms with Crippen molar-refractivity contribution in [1.29, 1.82) is 0 Å². The van der Waals surface area contributed by atoms with E-state index < -0.39 is 0 Å². The molecule has 0 aliphatic rings. The van der Waals surface area contributed by atoms with Crippen LogP contribution in [0.5, 0.6) is 0 Å². The molecule has 8 heteroatoms. The lowest BCUT2D eigenvalue weighted by Gasteiger charge is -2.06. The summed E-state index contributed by atoms with van der Waals surface area (Å²) in [6, 6.07) is 0. The molecule has 0 unspecified atom stereocenters. The third-order valence-corrected chi connectivity index (χ3v) is 5.72. The molecule has 0 fully saturated rings. The second kappa shape index (κ2) is 6.88. The summed E-state index contributed by atoms with van der Waals surface area (Å²) in [5, 5.41) is 9.60. The molecular weight excluding hydrogens is 320 g/mol. The quantitative estimate of drug-likeness (QED) is 0.606. The van der Waals surface area contributed by atoms with Gasteiger partial charge in [-0.1, -0.05) is 41.6 Å². The van der Waals surface area contributed by atoms with E-state index in [1.54, 1.807) is 23.1 Å². The number of aromatic nitrogens is 4. The maximum atomic E-state index is 6.15. The summed E-state index contributed by atoms with van der Waals surface area (Å²) in [5.74, 6) is 0.787. The average Bonchev–Trinajstić information content (AvgIpc) is 2.83. The molecule has 2 aromatic rings. The molecule has 19 heavy (non-hydrogen) atoms. The first kappa shape index (κ1) is 15.0. The average molecular weight is 333 g/mol. The van der Waals surface area contributed by atoms with Gasteiger partial charge in [0.25, 0.3) is 0 Å². The van der Waals surface area contributed by atoms with Gasteiger partial charge in [-0.3, -0.25) is 0 Å². The Morgan fingerprint density at radius 2 is 1.95 bits per heavy atom. The summed E-state index contributed by atoms with van der Waals surface area (Å²) in [6.07, 6.45) is 3.82. The zero-order chi connectivity index (χ0) is 13.8. The summed E-state index contributed by atoms with van der Waals surface area (Å²) < 4.78 is 1.83. The Balaban J connectivity index is 2.27. The summed E-state index contributed by atoms with van der Waals surface area (Å²) in [6.45, 7) is 4.02. The van der Waals surface area contributed by atoms with Gasteiger partial charge in [0, 0.05) is 12.0 Å². The Bertz CT molecular complexity index is 573. The molecule has 0 radical (unpaired) electrons. The van der Waals surface area contributed by atoms with Crippen LogP contribution >= 0.6 is 46.5 Å². The fourth-order valence-electron chi connectivity index (χ4n) is 1.35. The molecule has 0 bridgehead atoms. The summed E-state index contributed by atoms with van der Waals surface area (Å²) in [4.78, 5) is 8.84. The molecule has 0 aromatic carbocycles. The zero-order valence-electron chi connectivity index (χ0n) is 10.8. The van der Waals surface area contributed by atoms with Crippen molar-refractivity contribution < 1.29 is 0 Å². The third kappa shape index (κ3) is 3.81. The molecular formula is C11H13ClN4S3. The highest BCUT2D eigenvalue weighted by Crippen LogP contribution is 2.34. The molecule has 0 saturated heterocycles. The van der Waals surface area contributed by atoms with Gasteiger partial charge in [-0.2, -0.15) is 0 Å². The number of rotatable bonds is 5. The van der Waals surface area contributed by atoms with E-state index in [2.05, 4.69) is 27.1 Å². The van der Waals surface area contributed by atoms with E-state index in [1.807, 2.05) is 13.2 Å². The van der Waals surface area contributed by atoms with Crippen molar-refractivity contribution in [3.05, 3.63) is 16.5 Å². The molecule has 0 amide bonds. The monoisotopic (exact) mass is 332 g/mol. The van der Waals surface area contributed by atoms with Crippen LogP contribution in [0.25, 0.3) is 0 Å². The van der Waals surface area contributed by atoms with Gasteiger partial charge in [0.2, 0.25) is 0 Å². The van der Waals surface area contributed by atoms with Gasteiger partial charge in [0.15, 0.2) is 8.68 Å². The molecule has 4 nitrogen and oxygen atoms in total. The molecule has 0 N–H and O–H groups in total. The van der Waals surface area contributed by atoms with Crippen molar-refractivity contribution in [2.45, 2.75) is 40.4 Å². The SMILES string of the molecule is CCCc1nc(Cl)c(C)c(Sc2nnc(SC)s2)n1. The van der Waals surface area contributed by atoms with E-state index in [9.17, 15) is 0 Å². The first-order valence-electron chi connectivity index (χ1n) is 5.72. The van der Waals surface area contributed by atoms with Gasteiger partial charge in [-0.25, -0.2) is 9.97 Å². The van der Waals surface area contributed by atoms with Gasteiger partial charge in [0.05, 0.1) is 0 Å². The van der Waals surface area contributed by atoms with E-state index >= 15 is 0 Å². The second-order valence-electron chi connectivity index (χ2n) is 3.75. The number of halogens is 1. The molecule has 0 aliphatic heterocycles. The van der Waals surface area contributed by atoms with Gasteiger partial charge in [-0.15, -0.1) is 10.2 Å². The van der Waals surface area contributed by atoms with E-state index in [4.69, 9.17) is 11.6 Å². The number of hydrogen-bond donors (Lipinski definition) is 0. The lowest BCUT2D eigenvalue weighted by atomic mass is 10.3. The fraction of sp³-hybridized carbons (Fsp3) is 0.455. The minimum Gasteiger partial charge on any atom is -0.226 e. The highest BCUT2D eigenvalue weighted by molar-refractivity contribution is 8.03. The van der Waals surface area contributed by atoms with Crippen LogP contribution in [0.15, 0.2) is 13.7 Å². The van der Waals surface area contributed by atoms with Crippen LogP contribution < -0.4 is 0 Å². The molecule has 2 heterocycles. The lowest BCUT2D eigenvalue weighted by molar-refractivity contribution is 0.801. The standard InChI is InChI=1S/C11H13ClN4S3/c1-4-5-7-13-8(12)6(2)9(14-7)18-11-16-15-10(17-3)19-11/h4-5H2,1-3H3. The Hall–Kier alpha value is -0.370. The topological polar surface area (TPSA) is 51.6 Å². The molecule has 2 aromatic heterocycles. The molecule has 102 valence electrons. The lowest BCUT2D eigenvalue weighted by Crippen LogP contribution is -1.99. The first-order valence-corrected chi connectivity index (χ1v) is 8.96.